The van der Waals surface area contributed by atoms with Crippen molar-refractivity contribution in [3.63, 3.8) is 0 Å². The number of alkyl halides is 2. The number of ether oxygens (including phenoxy) is 3. The van der Waals surface area contributed by atoms with Crippen LogP contribution in [0.2, 0.25) is 0 Å². The summed E-state index contributed by atoms with van der Waals surface area (Å²) in [5, 5.41) is 0. The van der Waals surface area contributed by atoms with Crippen LogP contribution in [0.1, 0.15) is 27.6 Å². The van der Waals surface area contributed by atoms with Gasteiger partial charge in [0.15, 0.2) is 11.5 Å². The van der Waals surface area contributed by atoms with E-state index in [0.717, 1.165) is 6.07 Å². The average molecular weight is 380 g/mol. The summed E-state index contributed by atoms with van der Waals surface area (Å²) in [6, 6.07) is 9.73. The van der Waals surface area contributed by atoms with E-state index < -0.39 is 18.4 Å². The van der Waals surface area contributed by atoms with E-state index in [0.29, 0.717) is 18.1 Å². The molecule has 0 aliphatic carbocycles. The van der Waals surface area contributed by atoms with Crippen molar-refractivity contribution in [2.45, 2.75) is 13.5 Å². The number of nitrogens with one attached hydrogen (secondary N) is 2. The number of carbonyl (C=O) groups is 2. The van der Waals surface area contributed by atoms with Crippen LogP contribution in [0, 0.1) is 0 Å². The van der Waals surface area contributed by atoms with E-state index in [4.69, 9.17) is 9.47 Å². The Morgan fingerprint density at radius 2 is 1.67 bits per heavy atom. The third-order valence-corrected chi connectivity index (χ3v) is 3.34. The molecule has 0 saturated heterocycles. The highest BCUT2D eigenvalue weighted by Gasteiger charge is 2.13. The molecule has 0 fully saturated rings. The Labute approximate surface area is 154 Å². The van der Waals surface area contributed by atoms with Crippen LogP contribution in [0.5, 0.6) is 17.2 Å². The summed E-state index contributed by atoms with van der Waals surface area (Å²) in [6.45, 7) is -0.749. The number of methoxy groups -OCH3 is 1. The molecule has 0 spiro atoms. The van der Waals surface area contributed by atoms with Crippen molar-refractivity contribution in [2.24, 2.45) is 0 Å². The summed E-state index contributed by atoms with van der Waals surface area (Å²) in [4.78, 5) is 24.3. The Hall–Kier alpha value is -3.36. The van der Waals surface area contributed by atoms with Crippen molar-refractivity contribution in [3.8, 4) is 17.2 Å². The Balaban J connectivity index is 2.01. The van der Waals surface area contributed by atoms with Gasteiger partial charge in [0, 0.05) is 11.1 Å². The molecule has 2 aromatic carbocycles. The molecular formula is C18H18F2N2O5. The maximum atomic E-state index is 12.2. The van der Waals surface area contributed by atoms with E-state index in [2.05, 4.69) is 15.6 Å². The minimum absolute atomic E-state index is 0.0396. The largest absolute Gasteiger partial charge is 0.493 e. The van der Waals surface area contributed by atoms with Gasteiger partial charge in [-0.2, -0.15) is 8.78 Å². The van der Waals surface area contributed by atoms with Gasteiger partial charge in [-0.15, -0.1) is 0 Å². The van der Waals surface area contributed by atoms with Crippen molar-refractivity contribution in [2.75, 3.05) is 13.7 Å². The number of amides is 2. The predicted molar refractivity (Wildman–Crippen MR) is 92.2 cm³/mol. The zero-order valence-electron chi connectivity index (χ0n) is 14.6. The standard InChI is InChI=1S/C18H18F2N2O5/c1-3-26-14-8-7-12(10-15(14)25-2)17(24)22-21-16(23)11-5-4-6-13(9-11)27-18(19)20/h4-10,18H,3H2,1-2H3,(H,21,23)(H,22,24). The van der Waals surface area contributed by atoms with E-state index in [1.54, 1.807) is 6.07 Å². The van der Waals surface area contributed by atoms with Crippen LogP contribution < -0.4 is 25.1 Å². The van der Waals surface area contributed by atoms with Crippen LogP contribution in [0.4, 0.5) is 8.78 Å². The molecule has 2 aromatic rings. The number of carbonyl (C=O) groups excluding carboxylic acids is 2. The van der Waals surface area contributed by atoms with Crippen LogP contribution >= 0.6 is 0 Å². The van der Waals surface area contributed by atoms with Gasteiger partial charge in [0.1, 0.15) is 5.75 Å². The van der Waals surface area contributed by atoms with E-state index in [-0.39, 0.29) is 16.9 Å². The summed E-state index contributed by atoms with van der Waals surface area (Å²) in [5.41, 5.74) is 4.70. The zero-order valence-corrected chi connectivity index (χ0v) is 14.6. The van der Waals surface area contributed by atoms with Crippen molar-refractivity contribution in [3.05, 3.63) is 53.6 Å². The second kappa shape index (κ2) is 9.37. The average Bonchev–Trinajstić information content (AvgIpc) is 2.66. The third-order valence-electron chi connectivity index (χ3n) is 3.34. The quantitative estimate of drug-likeness (QED) is 0.722. The summed E-state index contributed by atoms with van der Waals surface area (Å²) >= 11 is 0. The summed E-state index contributed by atoms with van der Waals surface area (Å²) in [7, 11) is 1.44. The van der Waals surface area contributed by atoms with Gasteiger partial charge in [0.05, 0.1) is 13.7 Å². The molecular weight excluding hydrogens is 362 g/mol. The van der Waals surface area contributed by atoms with Gasteiger partial charge in [-0.25, -0.2) is 0 Å². The van der Waals surface area contributed by atoms with E-state index in [1.165, 1.54) is 37.4 Å². The Morgan fingerprint density at radius 3 is 2.26 bits per heavy atom. The van der Waals surface area contributed by atoms with Gasteiger partial charge < -0.3 is 14.2 Å². The number of hydrogen-bond donors (Lipinski definition) is 2. The molecule has 2 N–H and O–H groups in total. The van der Waals surface area contributed by atoms with Gasteiger partial charge in [-0.1, -0.05) is 6.07 Å². The number of rotatable bonds is 7. The fraction of sp³-hybridized carbons (Fsp3) is 0.222. The van der Waals surface area contributed by atoms with Crippen LogP contribution in [0.15, 0.2) is 42.5 Å². The fourth-order valence-electron chi connectivity index (χ4n) is 2.15. The summed E-state index contributed by atoms with van der Waals surface area (Å²) in [6.07, 6.45) is 0. The molecule has 0 aliphatic rings. The van der Waals surface area contributed by atoms with Crippen LogP contribution in [0.25, 0.3) is 0 Å². The topological polar surface area (TPSA) is 85.9 Å². The van der Waals surface area contributed by atoms with Gasteiger partial charge in [0.25, 0.3) is 11.8 Å². The monoisotopic (exact) mass is 380 g/mol. The zero-order chi connectivity index (χ0) is 19.8. The second-order valence-electron chi connectivity index (χ2n) is 5.11. The molecule has 0 saturated carbocycles. The third kappa shape index (κ3) is 5.56. The lowest BCUT2D eigenvalue weighted by Crippen LogP contribution is -2.41. The molecule has 2 amide bonds. The molecule has 7 nitrogen and oxygen atoms in total. The minimum Gasteiger partial charge on any atom is -0.493 e. The van der Waals surface area contributed by atoms with E-state index in [1.807, 2.05) is 6.92 Å². The normalized spacial score (nSPS) is 10.3. The summed E-state index contributed by atoms with van der Waals surface area (Å²) in [5.74, 6) is -0.602. The van der Waals surface area contributed by atoms with Gasteiger partial charge >= 0.3 is 6.61 Å². The molecule has 0 bridgehead atoms. The fourth-order valence-corrected chi connectivity index (χ4v) is 2.15. The molecule has 2 rings (SSSR count). The molecule has 0 unspecified atom stereocenters. The molecule has 144 valence electrons. The lowest BCUT2D eigenvalue weighted by molar-refractivity contribution is -0.0498. The smallest absolute Gasteiger partial charge is 0.387 e. The maximum absolute atomic E-state index is 12.2. The van der Waals surface area contributed by atoms with Crippen molar-refractivity contribution in [1.29, 1.82) is 0 Å². The summed E-state index contributed by atoms with van der Waals surface area (Å²) < 4.78 is 39.2. The van der Waals surface area contributed by atoms with E-state index in [9.17, 15) is 18.4 Å². The van der Waals surface area contributed by atoms with Crippen molar-refractivity contribution < 1.29 is 32.6 Å². The molecule has 0 aliphatic heterocycles. The first-order valence-corrected chi connectivity index (χ1v) is 7.91. The Bertz CT molecular complexity index is 814. The highest BCUT2D eigenvalue weighted by Crippen LogP contribution is 2.27. The van der Waals surface area contributed by atoms with Gasteiger partial charge in [-0.3, -0.25) is 20.4 Å². The molecule has 0 radical (unpaired) electrons. The Morgan fingerprint density at radius 1 is 1.00 bits per heavy atom. The van der Waals surface area contributed by atoms with Crippen LogP contribution in [0.3, 0.4) is 0 Å². The predicted octanol–water partition coefficient (Wildman–Crippen LogP) is 2.77. The lowest BCUT2D eigenvalue weighted by atomic mass is 10.2. The number of hydrazine groups is 1. The van der Waals surface area contributed by atoms with Crippen molar-refractivity contribution >= 4 is 11.8 Å². The maximum Gasteiger partial charge on any atom is 0.387 e. The Kier molecular flexibility index (Phi) is 6.93. The first-order valence-electron chi connectivity index (χ1n) is 7.91. The van der Waals surface area contributed by atoms with Crippen LogP contribution in [-0.2, 0) is 0 Å². The van der Waals surface area contributed by atoms with Gasteiger partial charge in [0.2, 0.25) is 0 Å². The highest BCUT2D eigenvalue weighted by atomic mass is 19.3. The minimum atomic E-state index is -3.00. The molecule has 9 heteroatoms. The van der Waals surface area contributed by atoms with Crippen LogP contribution in [-0.4, -0.2) is 32.1 Å². The first-order chi connectivity index (χ1) is 12.9. The lowest BCUT2D eigenvalue weighted by Gasteiger charge is -2.12. The molecule has 0 heterocycles. The molecule has 0 atom stereocenters. The number of hydrogen-bond acceptors (Lipinski definition) is 5. The second-order valence-corrected chi connectivity index (χ2v) is 5.11. The highest BCUT2D eigenvalue weighted by molar-refractivity contribution is 5.99. The van der Waals surface area contributed by atoms with E-state index >= 15 is 0 Å². The molecule has 27 heavy (non-hydrogen) atoms. The van der Waals surface area contributed by atoms with Crippen molar-refractivity contribution in [1.82, 2.24) is 10.9 Å². The SMILES string of the molecule is CCOc1ccc(C(=O)NNC(=O)c2cccc(OC(F)F)c2)cc1OC. The van der Waals surface area contributed by atoms with Gasteiger partial charge in [-0.05, 0) is 43.3 Å². The first kappa shape index (κ1) is 20.0. The number of halogens is 2. The molecule has 0 aromatic heterocycles. The number of benzene rings is 2.